The van der Waals surface area contributed by atoms with Crippen molar-refractivity contribution in [2.24, 2.45) is 46.3 Å². The summed E-state index contributed by atoms with van der Waals surface area (Å²) >= 11 is 0. The van der Waals surface area contributed by atoms with Crippen molar-refractivity contribution in [1.29, 1.82) is 0 Å². The number of nitrogens with one attached hydrogen (secondary N) is 1. The van der Waals surface area contributed by atoms with E-state index < -0.39 is 0 Å². The van der Waals surface area contributed by atoms with Gasteiger partial charge in [0.1, 0.15) is 12.7 Å². The van der Waals surface area contributed by atoms with Crippen LogP contribution in [0.5, 0.6) is 0 Å². The molecule has 0 bridgehead atoms. The molecule has 4 aliphatic carbocycles. The average Bonchev–Trinajstić information content (AvgIpc) is 3.21. The molecule has 4 nitrogen and oxygen atoms in total. The predicted molar refractivity (Wildman–Crippen MR) is 151 cm³/mol. The van der Waals surface area contributed by atoms with Gasteiger partial charge in [0.05, 0.1) is 6.61 Å². The van der Waals surface area contributed by atoms with E-state index in [1.165, 1.54) is 51.4 Å². The van der Waals surface area contributed by atoms with Gasteiger partial charge in [0, 0.05) is 13.0 Å². The van der Waals surface area contributed by atoms with E-state index in [1.807, 2.05) is 0 Å². The summed E-state index contributed by atoms with van der Waals surface area (Å²) in [7, 11) is 0. The summed E-state index contributed by atoms with van der Waals surface area (Å²) in [6.45, 7) is 13.6. The van der Waals surface area contributed by atoms with Crippen LogP contribution in [0, 0.1) is 58.7 Å². The first-order valence-corrected chi connectivity index (χ1v) is 15.3. The Hall–Kier alpha value is -1.47. The Bertz CT molecular complexity index is 858. The lowest BCUT2D eigenvalue weighted by Gasteiger charge is -2.58. The highest BCUT2D eigenvalue weighted by Crippen LogP contribution is 2.67. The topological polar surface area (TPSA) is 47.6 Å². The Balaban J connectivity index is 1.34. The van der Waals surface area contributed by atoms with Gasteiger partial charge in [0.25, 0.3) is 0 Å². The van der Waals surface area contributed by atoms with E-state index in [1.54, 1.807) is 5.57 Å². The highest BCUT2D eigenvalue weighted by molar-refractivity contribution is 5.67. The number of carbonyl (C=O) groups is 1. The zero-order valence-corrected chi connectivity index (χ0v) is 24.3. The quantitative estimate of drug-likeness (QED) is 0.185. The molecule has 0 aromatic heterocycles. The van der Waals surface area contributed by atoms with Crippen molar-refractivity contribution in [2.45, 2.75) is 111 Å². The van der Waals surface area contributed by atoms with E-state index >= 15 is 0 Å². The third-order valence-electron chi connectivity index (χ3n) is 11.2. The number of allylic oxidation sites excluding steroid dienone is 1. The molecule has 0 aliphatic heterocycles. The molecule has 4 aliphatic rings. The lowest BCUT2D eigenvalue weighted by molar-refractivity contribution is -0.0581. The van der Waals surface area contributed by atoms with Gasteiger partial charge in [0.2, 0.25) is 0 Å². The van der Waals surface area contributed by atoms with Gasteiger partial charge >= 0.3 is 6.09 Å². The summed E-state index contributed by atoms with van der Waals surface area (Å²) < 4.78 is 11.0. The normalized spacial score (nSPS) is 37.5. The number of ether oxygens (including phenoxy) is 2. The fourth-order valence-corrected chi connectivity index (χ4v) is 9.30. The number of terminal acetylenes is 1. The summed E-state index contributed by atoms with van der Waals surface area (Å²) in [6, 6.07) is 0. The second kappa shape index (κ2) is 12.1. The summed E-state index contributed by atoms with van der Waals surface area (Å²) in [4.78, 5) is 12.3. The van der Waals surface area contributed by atoms with Crippen molar-refractivity contribution < 1.29 is 14.3 Å². The van der Waals surface area contributed by atoms with E-state index in [9.17, 15) is 4.79 Å². The lowest BCUT2D eigenvalue weighted by Crippen LogP contribution is -2.51. The molecule has 0 radical (unpaired) electrons. The maximum atomic E-state index is 12.3. The molecular formula is C33H53NO3. The molecule has 8 atom stereocenters. The molecule has 208 valence electrons. The first kappa shape index (κ1) is 28.5. The van der Waals surface area contributed by atoms with Gasteiger partial charge in [-0.05, 0) is 91.3 Å². The Kier molecular flexibility index (Phi) is 9.37. The zero-order valence-electron chi connectivity index (χ0n) is 24.3. The van der Waals surface area contributed by atoms with Crippen molar-refractivity contribution in [1.82, 2.24) is 5.32 Å². The summed E-state index contributed by atoms with van der Waals surface area (Å²) in [6.07, 6.45) is 21.5. The Morgan fingerprint density at radius 3 is 2.70 bits per heavy atom. The van der Waals surface area contributed by atoms with E-state index in [4.69, 9.17) is 15.9 Å². The van der Waals surface area contributed by atoms with Gasteiger partial charge in [-0.25, -0.2) is 4.79 Å². The minimum absolute atomic E-state index is 0.0149. The van der Waals surface area contributed by atoms with Crippen LogP contribution in [0.2, 0.25) is 0 Å². The maximum Gasteiger partial charge on any atom is 0.407 e. The van der Waals surface area contributed by atoms with Gasteiger partial charge in [-0.1, -0.05) is 71.5 Å². The first-order valence-electron chi connectivity index (χ1n) is 15.3. The zero-order chi connectivity index (χ0) is 26.6. The van der Waals surface area contributed by atoms with Gasteiger partial charge in [0.15, 0.2) is 0 Å². The molecule has 4 heteroatoms. The summed E-state index contributed by atoms with van der Waals surface area (Å²) in [5.41, 5.74) is 2.38. The monoisotopic (exact) mass is 511 g/mol. The smallest absolute Gasteiger partial charge is 0.407 e. The third-order valence-corrected chi connectivity index (χ3v) is 11.2. The minimum Gasteiger partial charge on any atom is -0.446 e. The van der Waals surface area contributed by atoms with Crippen molar-refractivity contribution in [3.63, 3.8) is 0 Å². The van der Waals surface area contributed by atoms with Crippen LogP contribution in [0.25, 0.3) is 0 Å². The van der Waals surface area contributed by atoms with Crippen LogP contribution in [0.1, 0.15) is 105 Å². The molecule has 3 saturated carbocycles. The summed E-state index contributed by atoms with van der Waals surface area (Å²) in [5.74, 6) is 7.54. The molecule has 37 heavy (non-hydrogen) atoms. The van der Waals surface area contributed by atoms with Crippen molar-refractivity contribution in [3.8, 4) is 12.3 Å². The molecule has 0 heterocycles. The number of rotatable bonds is 10. The maximum absolute atomic E-state index is 12.3. The number of alkyl carbamates (subject to hydrolysis) is 1. The molecule has 0 aromatic rings. The Morgan fingerprint density at radius 1 is 1.14 bits per heavy atom. The molecule has 4 rings (SSSR count). The van der Waals surface area contributed by atoms with Crippen molar-refractivity contribution in [3.05, 3.63) is 11.6 Å². The predicted octanol–water partition coefficient (Wildman–Crippen LogP) is 7.77. The molecule has 0 spiro atoms. The molecule has 0 unspecified atom stereocenters. The van der Waals surface area contributed by atoms with Gasteiger partial charge in [-0.3, -0.25) is 0 Å². The number of amides is 1. The fraction of sp³-hybridized carbons (Fsp3) is 0.848. The van der Waals surface area contributed by atoms with Crippen molar-refractivity contribution in [2.75, 3.05) is 19.8 Å². The van der Waals surface area contributed by atoms with Gasteiger partial charge in [-0.15, -0.1) is 6.42 Å². The highest BCUT2D eigenvalue weighted by Gasteiger charge is 2.59. The number of hydrogen-bond acceptors (Lipinski definition) is 3. The summed E-state index contributed by atoms with van der Waals surface area (Å²) in [5, 5.41) is 2.80. The van der Waals surface area contributed by atoms with Crippen LogP contribution in [-0.4, -0.2) is 32.0 Å². The second-order valence-electron chi connectivity index (χ2n) is 13.7. The van der Waals surface area contributed by atoms with Crippen LogP contribution in [0.3, 0.4) is 0 Å². The fourth-order valence-electron chi connectivity index (χ4n) is 9.30. The highest BCUT2D eigenvalue weighted by atomic mass is 16.6. The Labute approximate surface area is 227 Å². The van der Waals surface area contributed by atoms with E-state index in [0.29, 0.717) is 18.6 Å². The van der Waals surface area contributed by atoms with Gasteiger partial charge in [-0.2, -0.15) is 0 Å². The molecular weight excluding hydrogens is 458 g/mol. The molecule has 0 aromatic carbocycles. The van der Waals surface area contributed by atoms with Crippen molar-refractivity contribution >= 4 is 6.09 Å². The standard InChI is InChI=1S/C33H53NO3/c1-7-20-36-21-19-34-31(35)37-26-15-17-32(5)25(22-26)11-12-27-29-14-13-28(24(4)10-8-9-23(2)3)33(29,6)18-16-30(27)32/h1,11,23-24,26-30H,8-10,12-22H2,2-6H3,(H,34,35)/t24-,26+,27+,28-,29+,30+,32+,33-/m1/s1. The van der Waals surface area contributed by atoms with Gasteiger partial charge < -0.3 is 14.8 Å². The Morgan fingerprint density at radius 2 is 1.95 bits per heavy atom. The third kappa shape index (κ3) is 6.08. The number of fused-ring (bicyclic) bond motifs is 5. The minimum atomic E-state index is -0.333. The molecule has 1 amide bonds. The van der Waals surface area contributed by atoms with Crippen LogP contribution in [-0.2, 0) is 9.47 Å². The average molecular weight is 512 g/mol. The van der Waals surface area contributed by atoms with Crippen LogP contribution >= 0.6 is 0 Å². The molecule has 1 N–H and O–H groups in total. The van der Waals surface area contributed by atoms with Crippen LogP contribution in [0.15, 0.2) is 11.6 Å². The van der Waals surface area contributed by atoms with Crippen LogP contribution in [0.4, 0.5) is 4.79 Å². The number of hydrogen-bond donors (Lipinski definition) is 1. The second-order valence-corrected chi connectivity index (χ2v) is 13.7. The molecule has 0 saturated heterocycles. The van der Waals surface area contributed by atoms with Crippen LogP contribution < -0.4 is 5.32 Å². The van der Waals surface area contributed by atoms with E-state index in [-0.39, 0.29) is 24.2 Å². The molecule has 3 fully saturated rings. The lowest BCUT2D eigenvalue weighted by atomic mass is 9.47. The largest absolute Gasteiger partial charge is 0.446 e. The van der Waals surface area contributed by atoms with E-state index in [2.05, 4.69) is 51.9 Å². The van der Waals surface area contributed by atoms with E-state index in [0.717, 1.165) is 54.8 Å². The first-order chi connectivity index (χ1) is 17.7. The SMILES string of the molecule is C#CCOCCNC(=O)O[C@H]1CC[C@@]2(C)C(=CC[C@H]3[C@@H]4CC[C@H]([C@H](C)CCCC(C)C)[C@@]4(C)CC[C@@H]32)C1. The number of carbonyl (C=O) groups excluding carboxylic acids is 1.